The molecule has 0 aliphatic carbocycles. The quantitative estimate of drug-likeness (QED) is 0.544. The molecule has 6 heteroatoms. The van der Waals surface area contributed by atoms with E-state index in [4.69, 9.17) is 13.6 Å². The van der Waals surface area contributed by atoms with E-state index in [1.165, 1.54) is 19.4 Å². The minimum absolute atomic E-state index is 0.331. The lowest BCUT2D eigenvalue weighted by Crippen LogP contribution is -2.25. The standard InChI is InChI=1S/C15H12O6/c1-8(15(17)18-2)20-14-9-3-4-13(16)21-12(9)7-11-10(14)5-6-19-11/h3-8H,1-2H3. The second-order valence-corrected chi connectivity index (χ2v) is 4.49. The van der Waals surface area contributed by atoms with Crippen LogP contribution >= 0.6 is 0 Å². The van der Waals surface area contributed by atoms with Gasteiger partial charge in [0.15, 0.2) is 6.10 Å². The van der Waals surface area contributed by atoms with Gasteiger partial charge in [0.05, 0.1) is 24.1 Å². The molecule has 0 N–H and O–H groups in total. The largest absolute Gasteiger partial charge is 0.477 e. The predicted molar refractivity (Wildman–Crippen MR) is 74.4 cm³/mol. The Kier molecular flexibility index (Phi) is 3.13. The summed E-state index contributed by atoms with van der Waals surface area (Å²) >= 11 is 0. The summed E-state index contributed by atoms with van der Waals surface area (Å²) in [4.78, 5) is 22.9. The van der Waals surface area contributed by atoms with Crippen LogP contribution < -0.4 is 10.4 Å². The van der Waals surface area contributed by atoms with Gasteiger partial charge in [-0.15, -0.1) is 0 Å². The predicted octanol–water partition coefficient (Wildman–Crippen LogP) is 2.48. The zero-order chi connectivity index (χ0) is 15.0. The van der Waals surface area contributed by atoms with Gasteiger partial charge in [-0.05, 0) is 19.1 Å². The third-order valence-corrected chi connectivity index (χ3v) is 3.14. The zero-order valence-electron chi connectivity index (χ0n) is 11.4. The van der Waals surface area contributed by atoms with Crippen molar-refractivity contribution < 1.29 is 23.1 Å². The van der Waals surface area contributed by atoms with Crippen molar-refractivity contribution in [1.82, 2.24) is 0 Å². The summed E-state index contributed by atoms with van der Waals surface area (Å²) in [7, 11) is 1.29. The highest BCUT2D eigenvalue weighted by Gasteiger charge is 2.20. The fourth-order valence-corrected chi connectivity index (χ4v) is 2.13. The first-order valence-electron chi connectivity index (χ1n) is 6.28. The molecule has 0 saturated heterocycles. The van der Waals surface area contributed by atoms with Gasteiger partial charge in [0.2, 0.25) is 0 Å². The molecule has 0 bridgehead atoms. The molecule has 0 fully saturated rings. The van der Waals surface area contributed by atoms with Crippen LogP contribution in [-0.2, 0) is 9.53 Å². The molecule has 1 aromatic carbocycles. The number of hydrogen-bond acceptors (Lipinski definition) is 6. The van der Waals surface area contributed by atoms with Crippen LogP contribution in [0.25, 0.3) is 21.9 Å². The van der Waals surface area contributed by atoms with Crippen LogP contribution in [0.2, 0.25) is 0 Å². The van der Waals surface area contributed by atoms with Crippen LogP contribution in [0.5, 0.6) is 5.75 Å². The molecule has 21 heavy (non-hydrogen) atoms. The number of carbonyl (C=O) groups excluding carboxylic acids is 1. The average Bonchev–Trinajstić information content (AvgIpc) is 2.93. The Balaban J connectivity index is 2.23. The van der Waals surface area contributed by atoms with Crippen LogP contribution in [-0.4, -0.2) is 19.2 Å². The first-order valence-corrected chi connectivity index (χ1v) is 6.28. The van der Waals surface area contributed by atoms with E-state index in [-0.39, 0.29) is 0 Å². The van der Waals surface area contributed by atoms with Crippen LogP contribution in [0.3, 0.4) is 0 Å². The number of rotatable bonds is 3. The number of hydrogen-bond donors (Lipinski definition) is 0. The van der Waals surface area contributed by atoms with Crippen molar-refractivity contribution in [1.29, 1.82) is 0 Å². The second-order valence-electron chi connectivity index (χ2n) is 4.49. The lowest BCUT2D eigenvalue weighted by atomic mass is 10.1. The first kappa shape index (κ1) is 13.2. The maximum absolute atomic E-state index is 11.5. The van der Waals surface area contributed by atoms with Crippen LogP contribution in [0, 0.1) is 0 Å². The number of furan rings is 1. The Morgan fingerprint density at radius 2 is 1.95 bits per heavy atom. The summed E-state index contributed by atoms with van der Waals surface area (Å²) < 4.78 is 20.8. The number of carbonyl (C=O) groups is 1. The van der Waals surface area contributed by atoms with Gasteiger partial charge in [0.25, 0.3) is 0 Å². The van der Waals surface area contributed by atoms with Crippen molar-refractivity contribution in [3.8, 4) is 5.75 Å². The Morgan fingerprint density at radius 3 is 2.71 bits per heavy atom. The minimum atomic E-state index is -0.800. The highest BCUT2D eigenvalue weighted by atomic mass is 16.6. The molecule has 2 aromatic heterocycles. The lowest BCUT2D eigenvalue weighted by molar-refractivity contribution is -0.147. The Bertz CT molecular complexity index is 873. The number of fused-ring (bicyclic) bond motifs is 2. The van der Waals surface area contributed by atoms with Gasteiger partial charge in [-0.25, -0.2) is 9.59 Å². The van der Waals surface area contributed by atoms with Crippen molar-refractivity contribution in [3.63, 3.8) is 0 Å². The van der Waals surface area contributed by atoms with Gasteiger partial charge >= 0.3 is 11.6 Å². The van der Waals surface area contributed by atoms with Crippen molar-refractivity contribution >= 4 is 27.9 Å². The molecule has 3 rings (SSSR count). The second kappa shape index (κ2) is 4.97. The molecule has 0 spiro atoms. The zero-order valence-corrected chi connectivity index (χ0v) is 11.4. The molecule has 3 aromatic rings. The Hall–Kier alpha value is -2.76. The monoisotopic (exact) mass is 288 g/mol. The van der Waals surface area contributed by atoms with Crippen molar-refractivity contribution in [3.05, 3.63) is 40.9 Å². The van der Waals surface area contributed by atoms with Crippen molar-refractivity contribution in [2.75, 3.05) is 7.11 Å². The normalized spacial score (nSPS) is 12.5. The van der Waals surface area contributed by atoms with E-state index in [1.807, 2.05) is 0 Å². The fourth-order valence-electron chi connectivity index (χ4n) is 2.13. The molecule has 0 saturated carbocycles. The summed E-state index contributed by atoms with van der Waals surface area (Å²) in [5.41, 5.74) is 0.362. The van der Waals surface area contributed by atoms with E-state index in [1.54, 1.807) is 25.1 Å². The molecule has 0 aliphatic heterocycles. The van der Waals surface area contributed by atoms with Crippen molar-refractivity contribution in [2.45, 2.75) is 13.0 Å². The van der Waals surface area contributed by atoms with E-state index in [0.717, 1.165) is 0 Å². The Labute approximate surface area is 118 Å². The Morgan fingerprint density at radius 1 is 1.19 bits per heavy atom. The highest BCUT2D eigenvalue weighted by Crippen LogP contribution is 2.35. The molecule has 0 amide bonds. The van der Waals surface area contributed by atoms with Crippen LogP contribution in [0.4, 0.5) is 0 Å². The van der Waals surface area contributed by atoms with Gasteiger partial charge in [0, 0.05) is 12.1 Å². The van der Waals surface area contributed by atoms with Gasteiger partial charge in [0.1, 0.15) is 16.9 Å². The fraction of sp³-hybridized carbons (Fsp3) is 0.200. The summed E-state index contributed by atoms with van der Waals surface area (Å²) in [5, 5.41) is 1.27. The third-order valence-electron chi connectivity index (χ3n) is 3.14. The summed E-state index contributed by atoms with van der Waals surface area (Å²) in [6.07, 6.45) is 0.697. The summed E-state index contributed by atoms with van der Waals surface area (Å²) in [6, 6.07) is 6.22. The first-order chi connectivity index (χ1) is 10.1. The summed E-state index contributed by atoms with van der Waals surface area (Å²) in [6.45, 7) is 1.58. The number of methoxy groups -OCH3 is 1. The molecule has 0 radical (unpaired) electrons. The smallest absolute Gasteiger partial charge is 0.346 e. The van der Waals surface area contributed by atoms with Gasteiger partial charge in [-0.3, -0.25) is 0 Å². The third kappa shape index (κ3) is 2.24. The average molecular weight is 288 g/mol. The van der Waals surface area contributed by atoms with Gasteiger partial charge in [-0.2, -0.15) is 0 Å². The number of benzene rings is 1. The van der Waals surface area contributed by atoms with Crippen LogP contribution in [0.15, 0.2) is 44.2 Å². The van der Waals surface area contributed by atoms with Crippen LogP contribution in [0.1, 0.15) is 6.92 Å². The number of esters is 1. The SMILES string of the molecule is COC(=O)C(C)Oc1c2ccoc2cc2oc(=O)ccc12. The molecule has 6 nitrogen and oxygen atoms in total. The van der Waals surface area contributed by atoms with Crippen molar-refractivity contribution in [2.24, 2.45) is 0 Å². The molecule has 0 aliphatic rings. The number of ether oxygens (including phenoxy) is 2. The lowest BCUT2D eigenvalue weighted by Gasteiger charge is -2.14. The molecule has 1 atom stereocenters. The molecule has 108 valence electrons. The van der Waals surface area contributed by atoms with E-state index in [0.29, 0.717) is 27.7 Å². The minimum Gasteiger partial charge on any atom is -0.477 e. The van der Waals surface area contributed by atoms with E-state index < -0.39 is 17.7 Å². The van der Waals surface area contributed by atoms with Gasteiger partial charge in [-0.1, -0.05) is 0 Å². The molecular formula is C15H12O6. The molecule has 2 heterocycles. The van der Waals surface area contributed by atoms with Gasteiger partial charge < -0.3 is 18.3 Å². The van der Waals surface area contributed by atoms with E-state index in [9.17, 15) is 9.59 Å². The van der Waals surface area contributed by atoms with E-state index >= 15 is 0 Å². The molecular weight excluding hydrogens is 276 g/mol. The maximum Gasteiger partial charge on any atom is 0.346 e. The van der Waals surface area contributed by atoms with E-state index in [2.05, 4.69) is 4.74 Å². The summed E-state index contributed by atoms with van der Waals surface area (Å²) in [5.74, 6) is -0.0843. The highest BCUT2D eigenvalue weighted by molar-refractivity contribution is 6.01. The maximum atomic E-state index is 11.5. The molecule has 1 unspecified atom stereocenters. The topological polar surface area (TPSA) is 78.9 Å².